The van der Waals surface area contributed by atoms with Gasteiger partial charge in [0.1, 0.15) is 18.2 Å². The number of hydrogen-bond acceptors (Lipinski definition) is 4. The highest BCUT2D eigenvalue weighted by Gasteiger charge is 2.21. The fraction of sp³-hybridized carbons (Fsp3) is 0.474. The number of aryl methyl sites for hydroxylation is 1. The van der Waals surface area contributed by atoms with Crippen LogP contribution in [0, 0.1) is 0 Å². The summed E-state index contributed by atoms with van der Waals surface area (Å²) in [6.45, 7) is 2.13. The van der Waals surface area contributed by atoms with Gasteiger partial charge in [0.2, 0.25) is 0 Å². The fourth-order valence-electron chi connectivity index (χ4n) is 3.45. The Bertz CT molecular complexity index is 737. The van der Waals surface area contributed by atoms with Gasteiger partial charge in [-0.2, -0.15) is 0 Å². The molecule has 0 saturated carbocycles. The van der Waals surface area contributed by atoms with E-state index in [-0.39, 0.29) is 18.1 Å². The minimum atomic E-state index is -0.0591. The second-order valence-corrected chi connectivity index (χ2v) is 6.68. The molecule has 0 unspecified atom stereocenters. The van der Waals surface area contributed by atoms with Gasteiger partial charge in [-0.1, -0.05) is 6.07 Å². The molecular formula is C19H23N3O3. The molecule has 3 heterocycles. The van der Waals surface area contributed by atoms with Gasteiger partial charge in [0.05, 0.1) is 6.10 Å². The number of carbonyl (C=O) groups excluding carboxylic acids is 1. The summed E-state index contributed by atoms with van der Waals surface area (Å²) in [6, 6.07) is 7.49. The van der Waals surface area contributed by atoms with Crippen molar-refractivity contribution in [1.29, 1.82) is 0 Å². The quantitative estimate of drug-likeness (QED) is 0.905. The molecule has 1 aromatic carbocycles. The smallest absolute Gasteiger partial charge is 0.251 e. The van der Waals surface area contributed by atoms with Gasteiger partial charge in [-0.25, -0.2) is 4.98 Å². The van der Waals surface area contributed by atoms with Crippen LogP contribution in [0.2, 0.25) is 0 Å². The number of nitrogens with zero attached hydrogens (tertiary/aromatic N) is 2. The number of amides is 1. The lowest BCUT2D eigenvalue weighted by Crippen LogP contribution is -2.40. The third kappa shape index (κ3) is 3.85. The molecule has 0 aliphatic carbocycles. The first-order chi connectivity index (χ1) is 12.3. The third-order valence-corrected chi connectivity index (χ3v) is 4.83. The summed E-state index contributed by atoms with van der Waals surface area (Å²) in [7, 11) is 0. The maximum atomic E-state index is 12.6. The lowest BCUT2D eigenvalue weighted by Gasteiger charge is -2.24. The van der Waals surface area contributed by atoms with E-state index in [1.807, 2.05) is 30.6 Å². The number of nitrogens with one attached hydrogen (secondary N) is 1. The van der Waals surface area contributed by atoms with Crippen molar-refractivity contribution in [2.45, 2.75) is 44.4 Å². The molecule has 2 atom stereocenters. The van der Waals surface area contributed by atoms with Gasteiger partial charge in [-0.3, -0.25) is 4.79 Å². The van der Waals surface area contributed by atoms with Gasteiger partial charge in [0, 0.05) is 43.6 Å². The van der Waals surface area contributed by atoms with Crippen LogP contribution in [0.5, 0.6) is 5.75 Å². The molecule has 0 radical (unpaired) electrons. The van der Waals surface area contributed by atoms with Crippen molar-refractivity contribution in [2.75, 3.05) is 13.2 Å². The summed E-state index contributed by atoms with van der Waals surface area (Å²) in [5.74, 6) is 1.75. The van der Waals surface area contributed by atoms with Crippen LogP contribution in [0.15, 0.2) is 36.7 Å². The van der Waals surface area contributed by atoms with Crippen molar-refractivity contribution in [1.82, 2.24) is 14.9 Å². The zero-order valence-corrected chi connectivity index (χ0v) is 14.2. The van der Waals surface area contributed by atoms with Crippen LogP contribution in [0.25, 0.3) is 0 Å². The van der Waals surface area contributed by atoms with Gasteiger partial charge in [0.15, 0.2) is 0 Å². The lowest BCUT2D eigenvalue weighted by molar-refractivity contribution is 0.0679. The summed E-state index contributed by atoms with van der Waals surface area (Å²) in [6.07, 6.45) is 7.89. The molecule has 6 nitrogen and oxygen atoms in total. The molecule has 25 heavy (non-hydrogen) atoms. The van der Waals surface area contributed by atoms with E-state index in [4.69, 9.17) is 9.47 Å². The first-order valence-corrected chi connectivity index (χ1v) is 8.93. The van der Waals surface area contributed by atoms with Gasteiger partial charge >= 0.3 is 0 Å². The maximum absolute atomic E-state index is 12.6. The van der Waals surface area contributed by atoms with Crippen LogP contribution in [0.4, 0.5) is 0 Å². The van der Waals surface area contributed by atoms with E-state index < -0.39 is 0 Å². The largest absolute Gasteiger partial charge is 0.491 e. The minimum Gasteiger partial charge on any atom is -0.491 e. The minimum absolute atomic E-state index is 0.0591. The number of imidazole rings is 1. The standard InChI is InChI=1S/C19H23N3O3/c23-19(21-15-6-7-18-20-8-9-22(18)12-15)14-3-1-4-16(11-14)25-13-17-5-2-10-24-17/h1,3-4,8-9,11,15,17H,2,5-7,10,12-13H2,(H,21,23)/t15-,17-/m0/s1. The van der Waals surface area contributed by atoms with E-state index >= 15 is 0 Å². The molecule has 6 heteroatoms. The molecule has 1 aromatic heterocycles. The zero-order chi connectivity index (χ0) is 17.1. The normalized spacial score (nSPS) is 22.4. The molecule has 1 N–H and O–H groups in total. The van der Waals surface area contributed by atoms with Crippen molar-refractivity contribution in [3.05, 3.63) is 48.0 Å². The Morgan fingerprint density at radius 1 is 1.40 bits per heavy atom. The van der Waals surface area contributed by atoms with Crippen molar-refractivity contribution < 1.29 is 14.3 Å². The van der Waals surface area contributed by atoms with Crippen LogP contribution in [-0.4, -0.2) is 40.8 Å². The van der Waals surface area contributed by atoms with Crippen LogP contribution < -0.4 is 10.1 Å². The number of aromatic nitrogens is 2. The Kier molecular flexibility index (Phi) is 4.70. The molecule has 132 valence electrons. The highest BCUT2D eigenvalue weighted by Crippen LogP contribution is 2.18. The molecule has 0 spiro atoms. The molecule has 1 amide bonds. The SMILES string of the molecule is O=C(N[C@H]1CCc2nccn2C1)c1cccc(OC[C@@H]2CCCO2)c1. The van der Waals surface area contributed by atoms with Gasteiger partial charge in [-0.15, -0.1) is 0 Å². The Morgan fingerprint density at radius 3 is 3.24 bits per heavy atom. The lowest BCUT2D eigenvalue weighted by atomic mass is 10.1. The van der Waals surface area contributed by atoms with Crippen molar-refractivity contribution in [2.24, 2.45) is 0 Å². The molecule has 0 bridgehead atoms. The predicted molar refractivity (Wildman–Crippen MR) is 92.7 cm³/mol. The van der Waals surface area contributed by atoms with Crippen molar-refractivity contribution in [3.63, 3.8) is 0 Å². The molecular weight excluding hydrogens is 318 g/mol. The molecule has 4 rings (SSSR count). The number of ether oxygens (including phenoxy) is 2. The predicted octanol–water partition coefficient (Wildman–Crippen LogP) is 2.19. The van der Waals surface area contributed by atoms with E-state index in [0.29, 0.717) is 17.9 Å². The maximum Gasteiger partial charge on any atom is 0.251 e. The molecule has 2 aliphatic heterocycles. The fourth-order valence-corrected chi connectivity index (χ4v) is 3.45. The Morgan fingerprint density at radius 2 is 2.36 bits per heavy atom. The number of carbonyl (C=O) groups is 1. The Labute approximate surface area is 147 Å². The number of hydrogen-bond donors (Lipinski definition) is 1. The Balaban J connectivity index is 1.34. The van der Waals surface area contributed by atoms with Crippen molar-refractivity contribution >= 4 is 5.91 Å². The van der Waals surface area contributed by atoms with Gasteiger partial charge in [-0.05, 0) is 37.5 Å². The van der Waals surface area contributed by atoms with Gasteiger partial charge < -0.3 is 19.4 Å². The summed E-state index contributed by atoms with van der Waals surface area (Å²) in [5.41, 5.74) is 0.626. The summed E-state index contributed by atoms with van der Waals surface area (Å²) in [5, 5.41) is 3.12. The molecule has 1 fully saturated rings. The topological polar surface area (TPSA) is 65.4 Å². The van der Waals surface area contributed by atoms with Crippen LogP contribution in [-0.2, 0) is 17.7 Å². The van der Waals surface area contributed by atoms with E-state index in [2.05, 4.69) is 14.9 Å². The zero-order valence-electron chi connectivity index (χ0n) is 14.2. The van der Waals surface area contributed by atoms with Gasteiger partial charge in [0.25, 0.3) is 5.91 Å². The van der Waals surface area contributed by atoms with Crippen LogP contribution >= 0.6 is 0 Å². The summed E-state index contributed by atoms with van der Waals surface area (Å²) >= 11 is 0. The van der Waals surface area contributed by atoms with E-state index in [9.17, 15) is 4.79 Å². The second-order valence-electron chi connectivity index (χ2n) is 6.68. The average molecular weight is 341 g/mol. The number of benzene rings is 1. The first kappa shape index (κ1) is 16.1. The highest BCUT2D eigenvalue weighted by molar-refractivity contribution is 5.94. The second kappa shape index (κ2) is 7.27. The van der Waals surface area contributed by atoms with E-state index in [1.54, 1.807) is 6.07 Å². The monoisotopic (exact) mass is 341 g/mol. The molecule has 1 saturated heterocycles. The number of rotatable bonds is 5. The first-order valence-electron chi connectivity index (χ1n) is 8.93. The van der Waals surface area contributed by atoms with E-state index in [1.165, 1.54) is 0 Å². The van der Waals surface area contributed by atoms with Crippen LogP contribution in [0.3, 0.4) is 0 Å². The summed E-state index contributed by atoms with van der Waals surface area (Å²) in [4.78, 5) is 16.9. The van der Waals surface area contributed by atoms with Crippen LogP contribution in [0.1, 0.15) is 35.4 Å². The third-order valence-electron chi connectivity index (χ3n) is 4.83. The molecule has 2 aromatic rings. The molecule has 2 aliphatic rings. The van der Waals surface area contributed by atoms with Crippen molar-refractivity contribution in [3.8, 4) is 5.75 Å². The average Bonchev–Trinajstić information content (AvgIpc) is 3.31. The Hall–Kier alpha value is -2.34. The highest BCUT2D eigenvalue weighted by atomic mass is 16.5. The van der Waals surface area contributed by atoms with E-state index in [0.717, 1.165) is 44.7 Å². The number of fused-ring (bicyclic) bond motifs is 1. The summed E-state index contributed by atoms with van der Waals surface area (Å²) < 4.78 is 13.5.